The number of nitrogens with one attached hydrogen (secondary N) is 1. The van der Waals surface area contributed by atoms with Crippen LogP contribution >= 0.6 is 0 Å². The molecule has 1 aliphatic rings. The second-order valence-corrected chi connectivity index (χ2v) is 18.3. The van der Waals surface area contributed by atoms with Gasteiger partial charge in [0, 0.05) is 6.42 Å². The van der Waals surface area contributed by atoms with Crippen LogP contribution in [-0.4, -0.2) is 87.5 Å². The zero-order valence-electron chi connectivity index (χ0n) is 39.7. The number of carbonyl (C=O) groups excluding carboxylic acids is 1. The third-order valence-electron chi connectivity index (χ3n) is 12.6. The quantitative estimate of drug-likeness (QED) is 0.0262. The molecule has 0 spiro atoms. The summed E-state index contributed by atoms with van der Waals surface area (Å²) in [7, 11) is 0. The fourth-order valence-electron chi connectivity index (χ4n) is 8.37. The van der Waals surface area contributed by atoms with Gasteiger partial charge in [-0.05, 0) is 44.9 Å². The van der Waals surface area contributed by atoms with Gasteiger partial charge in [0.05, 0.1) is 25.4 Å². The molecule has 1 fully saturated rings. The summed E-state index contributed by atoms with van der Waals surface area (Å²) in [4.78, 5) is 12.8. The number of ether oxygens (including phenoxy) is 2. The molecule has 1 heterocycles. The predicted molar refractivity (Wildman–Crippen MR) is 253 cm³/mol. The molecule has 9 heteroatoms. The van der Waals surface area contributed by atoms with E-state index in [4.69, 9.17) is 9.47 Å². The highest BCUT2D eigenvalue weighted by molar-refractivity contribution is 5.76. The number of allylic oxidation sites excluding steroid dienone is 4. The number of aliphatic hydroxyl groups is 5. The van der Waals surface area contributed by atoms with E-state index in [1.165, 1.54) is 173 Å². The number of hydrogen-bond donors (Lipinski definition) is 6. The number of unbranched alkanes of at least 4 members (excludes halogenated alkanes) is 30. The molecule has 0 saturated carbocycles. The van der Waals surface area contributed by atoms with Crippen molar-refractivity contribution in [2.75, 3.05) is 13.2 Å². The summed E-state index contributed by atoms with van der Waals surface area (Å²) >= 11 is 0. The van der Waals surface area contributed by atoms with Gasteiger partial charge < -0.3 is 40.3 Å². The Bertz CT molecular complexity index is 1010. The normalized spacial score (nSPS) is 20.5. The van der Waals surface area contributed by atoms with Crippen molar-refractivity contribution >= 4 is 5.91 Å². The lowest BCUT2D eigenvalue weighted by Gasteiger charge is -2.40. The fraction of sp³-hybridized carbons (Fsp3) is 0.904. The molecule has 61 heavy (non-hydrogen) atoms. The first-order chi connectivity index (χ1) is 29.8. The number of amides is 1. The van der Waals surface area contributed by atoms with Crippen molar-refractivity contribution in [2.24, 2.45) is 0 Å². The Morgan fingerprint density at radius 1 is 0.557 bits per heavy atom. The number of rotatable bonds is 44. The molecular formula is C52H99NO8. The van der Waals surface area contributed by atoms with Crippen LogP contribution in [0.4, 0.5) is 0 Å². The molecule has 0 aromatic heterocycles. The van der Waals surface area contributed by atoms with E-state index in [-0.39, 0.29) is 12.5 Å². The standard InChI is InChI=1S/C52H99NO8/c1-3-5-7-8-9-10-11-12-13-14-15-16-17-18-19-20-21-22-23-24-25-26-27-28-29-30-31-32-33-34-35-36-37-38-40-42-48(56)53-45(46(55)41-39-6-4-2)44-60-52-51(59)50(58)49(57)47(43-54)61-52/h11-12,14-15,45-47,49-52,54-55,57-59H,3-10,13,16-44H2,1-2H3,(H,53,56)/b12-11-,15-14-. The Labute approximate surface area is 375 Å². The summed E-state index contributed by atoms with van der Waals surface area (Å²) in [5.41, 5.74) is 0. The summed E-state index contributed by atoms with van der Waals surface area (Å²) in [5, 5.41) is 53.6. The smallest absolute Gasteiger partial charge is 0.220 e. The van der Waals surface area contributed by atoms with Gasteiger partial charge in [-0.15, -0.1) is 0 Å². The lowest BCUT2D eigenvalue weighted by molar-refractivity contribution is -0.302. The van der Waals surface area contributed by atoms with Crippen molar-refractivity contribution in [3.05, 3.63) is 24.3 Å². The second-order valence-electron chi connectivity index (χ2n) is 18.3. The lowest BCUT2D eigenvalue weighted by atomic mass is 9.99. The van der Waals surface area contributed by atoms with Crippen LogP contribution in [0.3, 0.4) is 0 Å². The van der Waals surface area contributed by atoms with E-state index in [1.54, 1.807) is 0 Å². The topological polar surface area (TPSA) is 149 Å². The molecule has 0 bridgehead atoms. The molecule has 360 valence electrons. The Morgan fingerprint density at radius 3 is 1.41 bits per heavy atom. The van der Waals surface area contributed by atoms with Crippen molar-refractivity contribution in [1.82, 2.24) is 5.32 Å². The van der Waals surface area contributed by atoms with Crippen LogP contribution in [0.5, 0.6) is 0 Å². The summed E-state index contributed by atoms with van der Waals surface area (Å²) in [6, 6.07) is -0.711. The Balaban J connectivity index is 1.92. The van der Waals surface area contributed by atoms with Crippen molar-refractivity contribution < 1.29 is 39.8 Å². The van der Waals surface area contributed by atoms with Gasteiger partial charge in [0.2, 0.25) is 5.91 Å². The minimum Gasteiger partial charge on any atom is -0.394 e. The molecule has 7 unspecified atom stereocenters. The van der Waals surface area contributed by atoms with Gasteiger partial charge in [-0.3, -0.25) is 4.79 Å². The zero-order chi connectivity index (χ0) is 44.4. The van der Waals surface area contributed by atoms with Gasteiger partial charge in [0.1, 0.15) is 24.4 Å². The summed E-state index contributed by atoms with van der Waals surface area (Å²) in [6.45, 7) is 3.67. The number of carbonyl (C=O) groups is 1. The minimum absolute atomic E-state index is 0.139. The highest BCUT2D eigenvalue weighted by atomic mass is 16.7. The molecule has 0 aliphatic carbocycles. The largest absolute Gasteiger partial charge is 0.394 e. The first-order valence-corrected chi connectivity index (χ1v) is 26.0. The predicted octanol–water partition coefficient (Wildman–Crippen LogP) is 11.8. The average molecular weight is 866 g/mol. The third kappa shape index (κ3) is 32.9. The van der Waals surface area contributed by atoms with E-state index in [9.17, 15) is 30.3 Å². The molecule has 1 amide bonds. The van der Waals surface area contributed by atoms with Crippen LogP contribution in [0.2, 0.25) is 0 Å². The van der Waals surface area contributed by atoms with Gasteiger partial charge in [-0.1, -0.05) is 218 Å². The molecule has 0 aromatic rings. The van der Waals surface area contributed by atoms with Crippen molar-refractivity contribution in [3.8, 4) is 0 Å². The van der Waals surface area contributed by atoms with Crippen LogP contribution < -0.4 is 5.32 Å². The van der Waals surface area contributed by atoms with E-state index in [1.807, 2.05) is 0 Å². The molecule has 9 nitrogen and oxygen atoms in total. The lowest BCUT2D eigenvalue weighted by Crippen LogP contribution is -2.60. The van der Waals surface area contributed by atoms with Crippen LogP contribution in [0.1, 0.15) is 245 Å². The van der Waals surface area contributed by atoms with E-state index < -0.39 is 49.5 Å². The van der Waals surface area contributed by atoms with Crippen molar-refractivity contribution in [3.63, 3.8) is 0 Å². The van der Waals surface area contributed by atoms with E-state index >= 15 is 0 Å². The molecule has 6 N–H and O–H groups in total. The first kappa shape index (κ1) is 57.7. The van der Waals surface area contributed by atoms with Gasteiger partial charge in [-0.25, -0.2) is 0 Å². The van der Waals surface area contributed by atoms with E-state index in [0.717, 1.165) is 44.9 Å². The highest BCUT2D eigenvalue weighted by Gasteiger charge is 2.44. The summed E-state index contributed by atoms with van der Waals surface area (Å²) < 4.78 is 11.1. The van der Waals surface area contributed by atoms with E-state index in [2.05, 4.69) is 43.5 Å². The average Bonchev–Trinajstić information content (AvgIpc) is 3.26. The van der Waals surface area contributed by atoms with Gasteiger partial charge in [0.15, 0.2) is 6.29 Å². The highest BCUT2D eigenvalue weighted by Crippen LogP contribution is 2.23. The molecule has 7 atom stereocenters. The van der Waals surface area contributed by atoms with E-state index in [0.29, 0.717) is 12.8 Å². The molecular weight excluding hydrogens is 767 g/mol. The maximum atomic E-state index is 12.8. The summed E-state index contributed by atoms with van der Waals surface area (Å²) in [5.74, 6) is -0.152. The molecule has 1 saturated heterocycles. The Kier molecular flexibility index (Phi) is 40.3. The minimum atomic E-state index is -1.55. The van der Waals surface area contributed by atoms with Gasteiger partial charge in [0.25, 0.3) is 0 Å². The number of hydrogen-bond acceptors (Lipinski definition) is 8. The third-order valence-corrected chi connectivity index (χ3v) is 12.6. The van der Waals surface area contributed by atoms with Crippen LogP contribution in [0, 0.1) is 0 Å². The maximum Gasteiger partial charge on any atom is 0.220 e. The molecule has 1 aliphatic heterocycles. The van der Waals surface area contributed by atoms with Crippen LogP contribution in [0.15, 0.2) is 24.3 Å². The monoisotopic (exact) mass is 866 g/mol. The molecule has 0 aromatic carbocycles. The van der Waals surface area contributed by atoms with Gasteiger partial charge >= 0.3 is 0 Å². The van der Waals surface area contributed by atoms with Crippen LogP contribution in [-0.2, 0) is 14.3 Å². The summed E-state index contributed by atoms with van der Waals surface area (Å²) in [6.07, 6.45) is 46.1. The van der Waals surface area contributed by atoms with Crippen molar-refractivity contribution in [2.45, 2.75) is 288 Å². The Morgan fingerprint density at radius 2 is 0.967 bits per heavy atom. The molecule has 0 radical (unpaired) electrons. The second kappa shape index (κ2) is 42.6. The van der Waals surface area contributed by atoms with Crippen molar-refractivity contribution in [1.29, 1.82) is 0 Å². The Hall–Kier alpha value is -1.33. The van der Waals surface area contributed by atoms with Crippen LogP contribution in [0.25, 0.3) is 0 Å². The SMILES string of the molecule is CCCCCCC/C=C\C/C=C\CCCCCCCCCCCCCCCCCCCCCCCCCC(=O)NC(COC1OC(CO)C(O)C(O)C1O)C(O)CCCCC. The first-order valence-electron chi connectivity index (χ1n) is 26.0. The fourth-order valence-corrected chi connectivity index (χ4v) is 8.37. The maximum absolute atomic E-state index is 12.8. The number of aliphatic hydroxyl groups excluding tert-OH is 5. The molecule has 1 rings (SSSR count). The van der Waals surface area contributed by atoms with Gasteiger partial charge in [-0.2, -0.15) is 0 Å². The zero-order valence-corrected chi connectivity index (χ0v) is 39.7.